The van der Waals surface area contributed by atoms with Gasteiger partial charge >= 0.3 is 0 Å². The van der Waals surface area contributed by atoms with Crippen LogP contribution in [0.25, 0.3) is 11.5 Å². The Labute approximate surface area is 181 Å². The molecule has 2 fully saturated rings. The summed E-state index contributed by atoms with van der Waals surface area (Å²) in [6, 6.07) is 8.33. The van der Waals surface area contributed by atoms with Crippen LogP contribution < -0.4 is 10.2 Å². The largest absolute Gasteiger partial charge is 0.351 e. The van der Waals surface area contributed by atoms with Crippen LogP contribution in [0.3, 0.4) is 0 Å². The maximum Gasteiger partial charge on any atom is 0.228 e. The predicted octanol–water partition coefficient (Wildman–Crippen LogP) is 2.73. The van der Waals surface area contributed by atoms with Crippen molar-refractivity contribution in [1.29, 1.82) is 0 Å². The lowest BCUT2D eigenvalue weighted by Crippen LogP contribution is -2.48. The third kappa shape index (κ3) is 3.26. The molecule has 0 spiro atoms. The first-order chi connectivity index (χ1) is 15.1. The predicted molar refractivity (Wildman–Crippen MR) is 117 cm³/mol. The number of aromatic nitrogens is 5. The van der Waals surface area contributed by atoms with Crippen LogP contribution >= 0.6 is 0 Å². The molecule has 0 aliphatic carbocycles. The lowest BCUT2D eigenvalue weighted by atomic mass is 9.71. The number of imidazole rings is 1. The van der Waals surface area contributed by atoms with Gasteiger partial charge in [0.2, 0.25) is 5.91 Å². The molecule has 5 heterocycles. The first-order valence-corrected chi connectivity index (χ1v) is 10.9. The molecule has 0 unspecified atom stereocenters. The van der Waals surface area contributed by atoms with Gasteiger partial charge in [0.05, 0.1) is 5.41 Å². The molecule has 160 valence electrons. The van der Waals surface area contributed by atoms with Gasteiger partial charge in [-0.2, -0.15) is 0 Å². The SMILES string of the molecule is CC[C@]1(C(=O)NCc2cccnc2)C[C@H]2CC[C@@H]1N2c1ccc(-c2nccn2C)nn1. The Balaban J connectivity index is 1.36. The lowest BCUT2D eigenvalue weighted by Gasteiger charge is -2.35. The zero-order valence-corrected chi connectivity index (χ0v) is 17.9. The summed E-state index contributed by atoms with van der Waals surface area (Å²) in [6.45, 7) is 2.63. The van der Waals surface area contributed by atoms with Crippen molar-refractivity contribution in [2.45, 2.75) is 51.2 Å². The average Bonchev–Trinajstić information content (AvgIpc) is 3.51. The summed E-state index contributed by atoms with van der Waals surface area (Å²) in [5.74, 6) is 1.77. The van der Waals surface area contributed by atoms with Crippen LogP contribution in [0.2, 0.25) is 0 Å². The van der Waals surface area contributed by atoms with E-state index in [0.29, 0.717) is 12.6 Å². The third-order valence-electron chi connectivity index (χ3n) is 6.96. The molecular formula is C23H27N7O. The molecule has 3 atom stereocenters. The summed E-state index contributed by atoms with van der Waals surface area (Å²) in [5.41, 5.74) is 1.36. The number of carbonyl (C=O) groups excluding carboxylic acids is 1. The van der Waals surface area contributed by atoms with Crippen molar-refractivity contribution < 1.29 is 4.79 Å². The molecule has 2 saturated heterocycles. The Morgan fingerprint density at radius 1 is 1.23 bits per heavy atom. The van der Waals surface area contributed by atoms with E-state index >= 15 is 0 Å². The monoisotopic (exact) mass is 417 g/mol. The molecule has 3 aromatic rings. The van der Waals surface area contributed by atoms with Gasteiger partial charge in [-0.1, -0.05) is 13.0 Å². The van der Waals surface area contributed by atoms with E-state index in [4.69, 9.17) is 0 Å². The Bertz CT molecular complexity index is 1070. The molecule has 0 aromatic carbocycles. The summed E-state index contributed by atoms with van der Waals surface area (Å²) in [5, 5.41) is 12.1. The topological polar surface area (TPSA) is 88.8 Å². The molecule has 0 saturated carbocycles. The Hall–Kier alpha value is -3.29. The van der Waals surface area contributed by atoms with E-state index in [1.165, 1.54) is 0 Å². The number of anilines is 1. The van der Waals surface area contributed by atoms with Crippen molar-refractivity contribution >= 4 is 11.7 Å². The number of amides is 1. The van der Waals surface area contributed by atoms with Crippen molar-refractivity contribution in [3.8, 4) is 11.5 Å². The van der Waals surface area contributed by atoms with E-state index in [0.717, 1.165) is 48.6 Å². The lowest BCUT2D eigenvalue weighted by molar-refractivity contribution is -0.132. The fraction of sp³-hybridized carbons (Fsp3) is 0.435. The molecular weight excluding hydrogens is 390 g/mol. The number of rotatable bonds is 6. The number of hydrogen-bond donors (Lipinski definition) is 1. The minimum Gasteiger partial charge on any atom is -0.351 e. The summed E-state index contributed by atoms with van der Waals surface area (Å²) in [7, 11) is 1.94. The van der Waals surface area contributed by atoms with Crippen LogP contribution in [0.4, 0.5) is 5.82 Å². The van der Waals surface area contributed by atoms with Crippen LogP contribution in [0.15, 0.2) is 49.1 Å². The first kappa shape index (κ1) is 19.7. The molecule has 8 nitrogen and oxygen atoms in total. The normalized spacial score (nSPS) is 24.5. The number of fused-ring (bicyclic) bond motifs is 2. The molecule has 1 amide bonds. The standard InChI is InChI=1S/C23H27N7O/c1-3-23(22(31)26-15-16-5-4-10-24-14-16)13-17-6-8-19(23)30(17)20-9-7-18(27-28-20)21-25-11-12-29(21)2/h4-5,7,9-12,14,17,19H,3,6,8,13,15H2,1-2H3,(H,26,31)/t17-,19+,23+/m1/s1. The summed E-state index contributed by atoms with van der Waals surface area (Å²) >= 11 is 0. The van der Waals surface area contributed by atoms with Crippen LogP contribution in [0, 0.1) is 5.41 Å². The Morgan fingerprint density at radius 3 is 2.81 bits per heavy atom. The number of hydrogen-bond acceptors (Lipinski definition) is 6. The highest BCUT2D eigenvalue weighted by Crippen LogP contribution is 2.53. The molecule has 2 aliphatic rings. The second kappa shape index (κ2) is 7.76. The molecule has 8 heteroatoms. The summed E-state index contributed by atoms with van der Waals surface area (Å²) in [4.78, 5) is 24.2. The number of nitrogens with one attached hydrogen (secondary N) is 1. The molecule has 2 bridgehead atoms. The van der Waals surface area contributed by atoms with Gasteiger partial charge in [0.15, 0.2) is 11.6 Å². The minimum absolute atomic E-state index is 0.133. The highest BCUT2D eigenvalue weighted by molar-refractivity contribution is 5.85. The van der Waals surface area contributed by atoms with E-state index in [2.05, 4.69) is 37.3 Å². The van der Waals surface area contributed by atoms with E-state index in [-0.39, 0.29) is 11.9 Å². The van der Waals surface area contributed by atoms with Gasteiger partial charge in [-0.15, -0.1) is 10.2 Å². The van der Waals surface area contributed by atoms with Gasteiger partial charge in [-0.3, -0.25) is 9.78 Å². The molecule has 5 rings (SSSR count). The van der Waals surface area contributed by atoms with Gasteiger partial charge in [0.1, 0.15) is 5.69 Å². The number of aryl methyl sites for hydroxylation is 1. The summed E-state index contributed by atoms with van der Waals surface area (Å²) < 4.78 is 1.93. The Kier molecular flexibility index (Phi) is 4.92. The maximum absolute atomic E-state index is 13.4. The fourth-order valence-electron chi connectivity index (χ4n) is 5.37. The molecule has 0 radical (unpaired) electrons. The second-order valence-corrected chi connectivity index (χ2v) is 8.55. The van der Waals surface area contributed by atoms with Crippen molar-refractivity contribution in [3.05, 3.63) is 54.6 Å². The molecule has 31 heavy (non-hydrogen) atoms. The number of pyridine rings is 1. The number of carbonyl (C=O) groups is 1. The quantitative estimate of drug-likeness (QED) is 0.663. The molecule has 1 N–H and O–H groups in total. The smallest absolute Gasteiger partial charge is 0.228 e. The maximum atomic E-state index is 13.4. The van der Waals surface area contributed by atoms with E-state index < -0.39 is 5.41 Å². The van der Waals surface area contributed by atoms with Gasteiger partial charge in [-0.25, -0.2) is 4.98 Å². The van der Waals surface area contributed by atoms with E-state index in [1.54, 1.807) is 18.6 Å². The van der Waals surface area contributed by atoms with Crippen molar-refractivity contribution in [2.75, 3.05) is 4.90 Å². The zero-order chi connectivity index (χ0) is 21.4. The molecule has 2 aliphatic heterocycles. The molecule has 3 aromatic heterocycles. The van der Waals surface area contributed by atoms with Crippen molar-refractivity contribution in [2.24, 2.45) is 12.5 Å². The average molecular weight is 418 g/mol. The van der Waals surface area contributed by atoms with Gasteiger partial charge in [0.25, 0.3) is 0 Å². The highest BCUT2D eigenvalue weighted by Gasteiger charge is 2.59. The van der Waals surface area contributed by atoms with Gasteiger partial charge in [0, 0.05) is 50.5 Å². The highest BCUT2D eigenvalue weighted by atomic mass is 16.2. The zero-order valence-electron chi connectivity index (χ0n) is 17.9. The fourth-order valence-corrected chi connectivity index (χ4v) is 5.37. The van der Waals surface area contributed by atoms with Crippen molar-refractivity contribution in [3.63, 3.8) is 0 Å². The first-order valence-electron chi connectivity index (χ1n) is 10.9. The Morgan fingerprint density at radius 2 is 2.13 bits per heavy atom. The third-order valence-corrected chi connectivity index (χ3v) is 6.96. The number of nitrogens with zero attached hydrogens (tertiary/aromatic N) is 6. The van der Waals surface area contributed by atoms with Crippen LogP contribution in [-0.4, -0.2) is 42.7 Å². The van der Waals surface area contributed by atoms with Crippen LogP contribution in [0.1, 0.15) is 38.2 Å². The van der Waals surface area contributed by atoms with Gasteiger partial charge in [-0.05, 0) is 49.4 Å². The van der Waals surface area contributed by atoms with E-state index in [1.807, 2.05) is 42.1 Å². The van der Waals surface area contributed by atoms with Crippen LogP contribution in [-0.2, 0) is 18.4 Å². The van der Waals surface area contributed by atoms with Crippen LogP contribution in [0.5, 0.6) is 0 Å². The minimum atomic E-state index is -0.398. The van der Waals surface area contributed by atoms with Gasteiger partial charge < -0.3 is 14.8 Å². The summed E-state index contributed by atoms with van der Waals surface area (Å²) in [6.07, 6.45) is 10.9. The second-order valence-electron chi connectivity index (χ2n) is 8.55. The van der Waals surface area contributed by atoms with E-state index in [9.17, 15) is 4.79 Å². The van der Waals surface area contributed by atoms with Crippen molar-refractivity contribution in [1.82, 2.24) is 30.0 Å².